The Bertz CT molecular complexity index is 115. The topological polar surface area (TPSA) is 38.3 Å². The molecule has 0 aliphatic carbocycles. The minimum Gasteiger partial charge on any atom is -0.381 e. The molecule has 0 spiro atoms. The van der Waals surface area contributed by atoms with E-state index in [1.165, 1.54) is 13.3 Å². The number of unbranched alkanes of at least 4 members (excludes halogenated alkanes) is 1. The van der Waals surface area contributed by atoms with Crippen LogP contribution in [0.5, 0.6) is 0 Å². The van der Waals surface area contributed by atoms with Crippen LogP contribution in [0.25, 0.3) is 0 Å². The van der Waals surface area contributed by atoms with Gasteiger partial charge in [-0.3, -0.25) is 4.79 Å². The number of amides is 1. The van der Waals surface area contributed by atoms with Crippen LogP contribution in [0.2, 0.25) is 0 Å². The highest BCUT2D eigenvalue weighted by Gasteiger charge is 1.90. The summed E-state index contributed by atoms with van der Waals surface area (Å²) >= 11 is 0. The van der Waals surface area contributed by atoms with E-state index in [2.05, 4.69) is 12.2 Å². The Morgan fingerprint density at radius 2 is 2.00 bits per heavy atom. The van der Waals surface area contributed by atoms with E-state index in [0.717, 1.165) is 32.6 Å². The first kappa shape index (κ1) is 11.4. The minimum absolute atomic E-state index is 0.0311. The normalized spacial score (nSPS) is 9.83. The smallest absolute Gasteiger partial charge is 0.216 e. The standard InChI is InChI=1S/C9H19NO2/c1-3-4-7-12-8-5-6-10-9(2)11/h3-8H2,1-2H3,(H,10,11). The summed E-state index contributed by atoms with van der Waals surface area (Å²) in [5.74, 6) is 0.0311. The summed E-state index contributed by atoms with van der Waals surface area (Å²) < 4.78 is 5.30. The second-order valence-corrected chi connectivity index (χ2v) is 2.80. The van der Waals surface area contributed by atoms with Crippen LogP contribution in [0.3, 0.4) is 0 Å². The van der Waals surface area contributed by atoms with Crippen molar-refractivity contribution in [3.8, 4) is 0 Å². The molecule has 0 aliphatic heterocycles. The first-order chi connectivity index (χ1) is 5.77. The van der Waals surface area contributed by atoms with Crippen LogP contribution in [-0.4, -0.2) is 25.7 Å². The SMILES string of the molecule is CCCCOCCCNC(C)=O. The van der Waals surface area contributed by atoms with Gasteiger partial charge in [-0.15, -0.1) is 0 Å². The van der Waals surface area contributed by atoms with Crippen molar-refractivity contribution < 1.29 is 9.53 Å². The van der Waals surface area contributed by atoms with Crippen molar-refractivity contribution in [2.75, 3.05) is 19.8 Å². The number of carbonyl (C=O) groups is 1. The van der Waals surface area contributed by atoms with E-state index < -0.39 is 0 Å². The average Bonchev–Trinajstić information content (AvgIpc) is 2.02. The summed E-state index contributed by atoms with van der Waals surface area (Å²) in [7, 11) is 0. The lowest BCUT2D eigenvalue weighted by Gasteiger charge is -2.03. The quantitative estimate of drug-likeness (QED) is 0.590. The Labute approximate surface area is 74.5 Å². The molecule has 0 rings (SSSR count). The molecule has 1 amide bonds. The lowest BCUT2D eigenvalue weighted by Crippen LogP contribution is -2.21. The second kappa shape index (κ2) is 8.53. The minimum atomic E-state index is 0.0311. The van der Waals surface area contributed by atoms with Crippen molar-refractivity contribution in [3.63, 3.8) is 0 Å². The van der Waals surface area contributed by atoms with Gasteiger partial charge in [-0.2, -0.15) is 0 Å². The largest absolute Gasteiger partial charge is 0.381 e. The third-order valence-corrected chi connectivity index (χ3v) is 1.48. The zero-order valence-corrected chi connectivity index (χ0v) is 8.06. The summed E-state index contributed by atoms with van der Waals surface area (Å²) in [6.45, 7) is 5.98. The molecular formula is C9H19NO2. The first-order valence-corrected chi connectivity index (χ1v) is 4.59. The van der Waals surface area contributed by atoms with Crippen molar-refractivity contribution in [3.05, 3.63) is 0 Å². The fraction of sp³-hybridized carbons (Fsp3) is 0.889. The first-order valence-electron chi connectivity index (χ1n) is 4.59. The van der Waals surface area contributed by atoms with Crippen LogP contribution < -0.4 is 5.32 Å². The van der Waals surface area contributed by atoms with Gasteiger partial charge in [-0.25, -0.2) is 0 Å². The van der Waals surface area contributed by atoms with E-state index in [9.17, 15) is 4.79 Å². The monoisotopic (exact) mass is 173 g/mol. The van der Waals surface area contributed by atoms with E-state index in [4.69, 9.17) is 4.74 Å². The van der Waals surface area contributed by atoms with Gasteiger partial charge in [-0.1, -0.05) is 13.3 Å². The third kappa shape index (κ3) is 9.43. The van der Waals surface area contributed by atoms with Gasteiger partial charge >= 0.3 is 0 Å². The van der Waals surface area contributed by atoms with Gasteiger partial charge in [0, 0.05) is 26.7 Å². The van der Waals surface area contributed by atoms with Crippen LogP contribution in [-0.2, 0) is 9.53 Å². The summed E-state index contributed by atoms with van der Waals surface area (Å²) in [6.07, 6.45) is 3.20. The molecule has 0 saturated carbocycles. The predicted octanol–water partition coefficient (Wildman–Crippen LogP) is 1.33. The summed E-state index contributed by atoms with van der Waals surface area (Å²) in [6, 6.07) is 0. The van der Waals surface area contributed by atoms with Crippen molar-refractivity contribution in [1.29, 1.82) is 0 Å². The molecule has 3 heteroatoms. The summed E-state index contributed by atoms with van der Waals surface area (Å²) in [4.78, 5) is 10.4. The molecule has 0 bridgehead atoms. The maximum absolute atomic E-state index is 10.4. The van der Waals surface area contributed by atoms with Crippen LogP contribution in [0.1, 0.15) is 33.1 Å². The highest BCUT2D eigenvalue weighted by Crippen LogP contribution is 1.88. The molecule has 0 atom stereocenters. The third-order valence-electron chi connectivity index (χ3n) is 1.48. The number of carbonyl (C=O) groups excluding carboxylic acids is 1. The maximum atomic E-state index is 10.4. The fourth-order valence-electron chi connectivity index (χ4n) is 0.787. The van der Waals surface area contributed by atoms with Gasteiger partial charge in [0.05, 0.1) is 0 Å². The predicted molar refractivity (Wildman–Crippen MR) is 49.0 cm³/mol. The highest BCUT2D eigenvalue weighted by molar-refractivity contribution is 5.72. The molecule has 0 unspecified atom stereocenters. The molecule has 0 aromatic rings. The van der Waals surface area contributed by atoms with Crippen molar-refractivity contribution in [2.45, 2.75) is 33.1 Å². The van der Waals surface area contributed by atoms with Gasteiger partial charge in [0.15, 0.2) is 0 Å². The molecular weight excluding hydrogens is 154 g/mol. The average molecular weight is 173 g/mol. The Kier molecular flexibility index (Phi) is 8.12. The lowest BCUT2D eigenvalue weighted by atomic mass is 10.4. The van der Waals surface area contributed by atoms with Crippen molar-refractivity contribution >= 4 is 5.91 Å². The molecule has 0 aromatic carbocycles. The van der Waals surface area contributed by atoms with Gasteiger partial charge < -0.3 is 10.1 Å². The number of ether oxygens (including phenoxy) is 1. The molecule has 0 radical (unpaired) electrons. The molecule has 3 nitrogen and oxygen atoms in total. The molecule has 0 aromatic heterocycles. The molecule has 0 fully saturated rings. The lowest BCUT2D eigenvalue weighted by molar-refractivity contribution is -0.119. The Balaban J connectivity index is 2.86. The Morgan fingerprint density at radius 3 is 2.58 bits per heavy atom. The van der Waals surface area contributed by atoms with Crippen LogP contribution in [0.15, 0.2) is 0 Å². The fourth-order valence-corrected chi connectivity index (χ4v) is 0.787. The zero-order valence-electron chi connectivity index (χ0n) is 8.06. The van der Waals surface area contributed by atoms with E-state index in [0.29, 0.717) is 0 Å². The van der Waals surface area contributed by atoms with Gasteiger partial charge in [-0.05, 0) is 12.8 Å². The molecule has 1 N–H and O–H groups in total. The molecule has 72 valence electrons. The molecule has 0 heterocycles. The Hall–Kier alpha value is -0.570. The van der Waals surface area contributed by atoms with Crippen molar-refractivity contribution in [1.82, 2.24) is 5.32 Å². The van der Waals surface area contributed by atoms with Crippen LogP contribution in [0, 0.1) is 0 Å². The van der Waals surface area contributed by atoms with E-state index in [1.807, 2.05) is 0 Å². The van der Waals surface area contributed by atoms with Crippen molar-refractivity contribution in [2.24, 2.45) is 0 Å². The van der Waals surface area contributed by atoms with E-state index >= 15 is 0 Å². The zero-order chi connectivity index (χ0) is 9.23. The molecule has 12 heavy (non-hydrogen) atoms. The Morgan fingerprint density at radius 1 is 1.33 bits per heavy atom. The molecule has 0 aliphatic rings. The maximum Gasteiger partial charge on any atom is 0.216 e. The van der Waals surface area contributed by atoms with Crippen LogP contribution in [0.4, 0.5) is 0 Å². The van der Waals surface area contributed by atoms with E-state index in [-0.39, 0.29) is 5.91 Å². The van der Waals surface area contributed by atoms with Gasteiger partial charge in [0.2, 0.25) is 5.91 Å². The number of hydrogen-bond donors (Lipinski definition) is 1. The van der Waals surface area contributed by atoms with E-state index in [1.54, 1.807) is 0 Å². The highest BCUT2D eigenvalue weighted by atomic mass is 16.5. The molecule has 0 saturated heterocycles. The second-order valence-electron chi connectivity index (χ2n) is 2.80. The summed E-state index contributed by atoms with van der Waals surface area (Å²) in [5.41, 5.74) is 0. The number of rotatable bonds is 7. The summed E-state index contributed by atoms with van der Waals surface area (Å²) in [5, 5.41) is 2.72. The van der Waals surface area contributed by atoms with Gasteiger partial charge in [0.25, 0.3) is 0 Å². The van der Waals surface area contributed by atoms with Gasteiger partial charge in [0.1, 0.15) is 0 Å². The van der Waals surface area contributed by atoms with Crippen LogP contribution >= 0.6 is 0 Å². The number of hydrogen-bond acceptors (Lipinski definition) is 2. The number of nitrogens with one attached hydrogen (secondary N) is 1.